The number of tetrazole rings is 1. The highest BCUT2D eigenvalue weighted by atomic mass is 32.2. The maximum absolute atomic E-state index is 11.7. The molecule has 0 radical (unpaired) electrons. The molecule has 2 aromatic carbocycles. The molecule has 3 aromatic rings. The lowest BCUT2D eigenvalue weighted by atomic mass is 10.1. The van der Waals surface area contributed by atoms with Crippen LogP contribution in [0.25, 0.3) is 5.69 Å². The van der Waals surface area contributed by atoms with Gasteiger partial charge in [-0.15, -0.1) is 5.10 Å². The van der Waals surface area contributed by atoms with E-state index in [-0.39, 0.29) is 5.78 Å². The summed E-state index contributed by atoms with van der Waals surface area (Å²) >= 11 is 1.42. The smallest absolute Gasteiger partial charge is 0.214 e. The van der Waals surface area contributed by atoms with Gasteiger partial charge in [0.1, 0.15) is 22.9 Å². The predicted octanol–water partition coefficient (Wildman–Crippen LogP) is 3.18. The van der Waals surface area contributed by atoms with E-state index in [1.54, 1.807) is 56.3 Å². The van der Waals surface area contributed by atoms with Crippen molar-refractivity contribution >= 4 is 17.5 Å². The Kier molecular flexibility index (Phi) is 6.15. The Balaban J connectivity index is 1.90. The SMILES string of the molecule is COc1ccc(OC)c(-n2nnnc2SCc2cc(C(C)=O)ccc2OC)c1. The second kappa shape index (κ2) is 8.75. The molecular weight excluding hydrogens is 380 g/mol. The summed E-state index contributed by atoms with van der Waals surface area (Å²) < 4.78 is 17.7. The van der Waals surface area contributed by atoms with E-state index in [0.717, 1.165) is 5.56 Å². The minimum atomic E-state index is -0.000136. The van der Waals surface area contributed by atoms with Crippen LogP contribution in [-0.4, -0.2) is 47.3 Å². The normalized spacial score (nSPS) is 10.6. The summed E-state index contributed by atoms with van der Waals surface area (Å²) in [6, 6.07) is 10.8. The van der Waals surface area contributed by atoms with Crippen molar-refractivity contribution < 1.29 is 19.0 Å². The van der Waals surface area contributed by atoms with Crippen LogP contribution in [0, 0.1) is 0 Å². The van der Waals surface area contributed by atoms with Crippen molar-refractivity contribution in [3.8, 4) is 22.9 Å². The lowest BCUT2D eigenvalue weighted by Gasteiger charge is -2.12. The van der Waals surface area contributed by atoms with E-state index in [0.29, 0.717) is 39.4 Å². The first-order valence-corrected chi connectivity index (χ1v) is 9.37. The minimum Gasteiger partial charge on any atom is -0.497 e. The molecule has 0 saturated heterocycles. The third-order valence-electron chi connectivity index (χ3n) is 4.10. The Bertz CT molecular complexity index is 990. The summed E-state index contributed by atoms with van der Waals surface area (Å²) in [6.45, 7) is 1.54. The number of hydrogen-bond acceptors (Lipinski definition) is 8. The lowest BCUT2D eigenvalue weighted by molar-refractivity contribution is 0.101. The van der Waals surface area contributed by atoms with Gasteiger partial charge in [-0.25, -0.2) is 0 Å². The Morgan fingerprint density at radius 1 is 1.04 bits per heavy atom. The van der Waals surface area contributed by atoms with Gasteiger partial charge in [0.25, 0.3) is 0 Å². The van der Waals surface area contributed by atoms with Gasteiger partial charge in [0.2, 0.25) is 5.16 Å². The fraction of sp³-hybridized carbons (Fsp3) is 0.263. The zero-order chi connectivity index (χ0) is 20.1. The first kappa shape index (κ1) is 19.7. The third-order valence-corrected chi connectivity index (χ3v) is 5.07. The van der Waals surface area contributed by atoms with Crippen LogP contribution in [0.3, 0.4) is 0 Å². The number of nitrogens with zero attached hydrogens (tertiary/aromatic N) is 4. The van der Waals surface area contributed by atoms with Gasteiger partial charge in [-0.3, -0.25) is 4.79 Å². The molecule has 1 heterocycles. The van der Waals surface area contributed by atoms with Crippen LogP contribution >= 0.6 is 11.8 Å². The molecule has 0 aliphatic rings. The molecule has 0 unspecified atom stereocenters. The number of ketones is 1. The first-order chi connectivity index (χ1) is 13.6. The zero-order valence-corrected chi connectivity index (χ0v) is 16.8. The molecule has 0 N–H and O–H groups in total. The quantitative estimate of drug-likeness (QED) is 0.421. The van der Waals surface area contributed by atoms with Crippen molar-refractivity contribution in [2.75, 3.05) is 21.3 Å². The molecule has 28 heavy (non-hydrogen) atoms. The van der Waals surface area contributed by atoms with Gasteiger partial charge in [-0.1, -0.05) is 11.8 Å². The van der Waals surface area contributed by atoms with Gasteiger partial charge >= 0.3 is 0 Å². The maximum atomic E-state index is 11.7. The van der Waals surface area contributed by atoms with E-state index in [4.69, 9.17) is 14.2 Å². The van der Waals surface area contributed by atoms with Crippen LogP contribution < -0.4 is 14.2 Å². The molecule has 0 aliphatic carbocycles. The Labute approximate surface area is 166 Å². The van der Waals surface area contributed by atoms with E-state index in [1.807, 2.05) is 6.07 Å². The molecule has 146 valence electrons. The second-order valence-corrected chi connectivity index (χ2v) is 6.73. The molecule has 0 aliphatic heterocycles. The molecule has 8 nitrogen and oxygen atoms in total. The number of Topliss-reactive ketones (excluding diaryl/α,β-unsaturated/α-hetero) is 1. The Morgan fingerprint density at radius 2 is 1.79 bits per heavy atom. The van der Waals surface area contributed by atoms with Gasteiger partial charge < -0.3 is 14.2 Å². The summed E-state index contributed by atoms with van der Waals surface area (Å²) in [4.78, 5) is 11.7. The molecule has 9 heteroatoms. The molecule has 0 spiro atoms. The fourth-order valence-electron chi connectivity index (χ4n) is 2.64. The summed E-state index contributed by atoms with van der Waals surface area (Å²) in [6.07, 6.45) is 0. The largest absolute Gasteiger partial charge is 0.497 e. The summed E-state index contributed by atoms with van der Waals surface area (Å²) in [5, 5.41) is 12.6. The topological polar surface area (TPSA) is 88.4 Å². The number of hydrogen-bond donors (Lipinski definition) is 0. The molecule has 3 rings (SSSR count). The summed E-state index contributed by atoms with van der Waals surface area (Å²) in [7, 11) is 4.78. The number of carbonyl (C=O) groups is 1. The first-order valence-electron chi connectivity index (χ1n) is 8.38. The van der Waals surface area contributed by atoms with E-state index >= 15 is 0 Å². The fourth-order valence-corrected chi connectivity index (χ4v) is 3.50. The minimum absolute atomic E-state index is 0.000136. The molecular formula is C19H20N4O4S. The van der Waals surface area contributed by atoms with Gasteiger partial charge in [0, 0.05) is 22.9 Å². The van der Waals surface area contributed by atoms with Crippen LogP contribution in [-0.2, 0) is 5.75 Å². The Morgan fingerprint density at radius 3 is 2.46 bits per heavy atom. The zero-order valence-electron chi connectivity index (χ0n) is 16.0. The van der Waals surface area contributed by atoms with Crippen LogP contribution in [0.5, 0.6) is 17.2 Å². The third kappa shape index (κ3) is 4.09. The predicted molar refractivity (Wildman–Crippen MR) is 105 cm³/mol. The highest BCUT2D eigenvalue weighted by Gasteiger charge is 2.16. The number of carbonyl (C=O) groups excluding carboxylic acids is 1. The van der Waals surface area contributed by atoms with Crippen LogP contribution in [0.15, 0.2) is 41.6 Å². The lowest BCUT2D eigenvalue weighted by Crippen LogP contribution is -2.03. The number of aromatic nitrogens is 4. The number of benzene rings is 2. The molecule has 0 amide bonds. The Hall–Kier alpha value is -3.07. The summed E-state index contributed by atoms with van der Waals surface area (Å²) in [5.74, 6) is 2.51. The molecule has 0 saturated carbocycles. The highest BCUT2D eigenvalue weighted by molar-refractivity contribution is 7.98. The van der Waals surface area contributed by atoms with E-state index in [1.165, 1.54) is 18.7 Å². The number of methoxy groups -OCH3 is 3. The van der Waals surface area contributed by atoms with Crippen LogP contribution in [0.2, 0.25) is 0 Å². The van der Waals surface area contributed by atoms with Crippen LogP contribution in [0.4, 0.5) is 0 Å². The van der Waals surface area contributed by atoms with Crippen molar-refractivity contribution in [3.63, 3.8) is 0 Å². The average Bonchev–Trinajstić information content (AvgIpc) is 3.19. The second-order valence-electron chi connectivity index (χ2n) is 5.78. The van der Waals surface area contributed by atoms with Crippen molar-refractivity contribution in [3.05, 3.63) is 47.5 Å². The molecule has 0 fully saturated rings. The van der Waals surface area contributed by atoms with Gasteiger partial charge in [-0.05, 0) is 47.7 Å². The molecule has 1 aromatic heterocycles. The number of rotatable bonds is 8. The highest BCUT2D eigenvalue weighted by Crippen LogP contribution is 2.32. The average molecular weight is 400 g/mol. The van der Waals surface area contributed by atoms with Crippen molar-refractivity contribution in [1.82, 2.24) is 20.2 Å². The molecule has 0 atom stereocenters. The van der Waals surface area contributed by atoms with Crippen molar-refractivity contribution in [2.24, 2.45) is 0 Å². The molecule has 0 bridgehead atoms. The summed E-state index contributed by atoms with van der Waals surface area (Å²) in [5.41, 5.74) is 2.18. The maximum Gasteiger partial charge on any atom is 0.214 e. The monoisotopic (exact) mass is 400 g/mol. The van der Waals surface area contributed by atoms with Crippen LogP contribution in [0.1, 0.15) is 22.8 Å². The van der Waals surface area contributed by atoms with Gasteiger partial charge in [0.05, 0.1) is 21.3 Å². The van der Waals surface area contributed by atoms with Crippen molar-refractivity contribution in [2.45, 2.75) is 17.8 Å². The van der Waals surface area contributed by atoms with Crippen molar-refractivity contribution in [1.29, 1.82) is 0 Å². The van der Waals surface area contributed by atoms with Gasteiger partial charge in [0.15, 0.2) is 5.78 Å². The van der Waals surface area contributed by atoms with E-state index < -0.39 is 0 Å². The number of thioether (sulfide) groups is 1. The number of ether oxygens (including phenoxy) is 3. The standard InChI is InChI=1S/C19H20N4O4S/c1-12(24)13-5-7-17(26-3)14(9-13)11-28-19-20-21-22-23(19)16-10-15(25-2)6-8-18(16)27-4/h5-10H,11H2,1-4H3. The van der Waals surface area contributed by atoms with E-state index in [9.17, 15) is 4.79 Å². The van der Waals surface area contributed by atoms with Gasteiger partial charge in [-0.2, -0.15) is 4.68 Å². The van der Waals surface area contributed by atoms with E-state index in [2.05, 4.69) is 15.5 Å².